The fraction of sp³-hybridized carbons (Fsp3) is 0.684. The zero-order chi connectivity index (χ0) is 76.3. The Morgan fingerprint density at radius 1 is 0.490 bits per heavy atom. The summed E-state index contributed by atoms with van der Waals surface area (Å²) in [5.41, 5.74) is 32.4. The number of carbonyl (C=O) groups is 16. The van der Waals surface area contributed by atoms with E-state index in [1.54, 1.807) is 27.7 Å². The Balaban J connectivity index is 3.04. The normalized spacial score (nSPS) is 15.9. The second-order valence-electron chi connectivity index (χ2n) is 24.2. The maximum atomic E-state index is 13.9. The third kappa shape index (κ3) is 32.5. The van der Waals surface area contributed by atoms with Crippen LogP contribution in [0, 0.1) is 17.8 Å². The number of hydrogen-bond donors (Lipinski definition) is 24. The summed E-state index contributed by atoms with van der Waals surface area (Å²) in [5.74, 6) is -19.9. The van der Waals surface area contributed by atoms with Gasteiger partial charge in [-0.05, 0) is 62.7 Å². The Hall–Kier alpha value is -9.36. The molecule has 0 spiro atoms. The summed E-state index contributed by atoms with van der Waals surface area (Å²) in [6, 6.07) is -18.1. The van der Waals surface area contributed by atoms with Crippen LogP contribution in [-0.2, 0) is 76.7 Å². The zero-order valence-corrected chi connectivity index (χ0v) is 58.2. The number of carboxylic acids is 2. The van der Waals surface area contributed by atoms with Crippen LogP contribution in [0.25, 0.3) is 0 Å². The molecule has 100 heavy (non-hydrogen) atoms. The molecular weight excluding hydrogens is 1360 g/mol. The number of aliphatic hydroxyl groups is 2. The highest BCUT2D eigenvalue weighted by Crippen LogP contribution is 2.20. The van der Waals surface area contributed by atoms with Gasteiger partial charge >= 0.3 is 11.9 Å². The molecule has 0 saturated carbocycles. The lowest BCUT2D eigenvalue weighted by Gasteiger charge is -2.30. The first-order valence-corrected chi connectivity index (χ1v) is 33.0. The zero-order valence-electron chi connectivity index (χ0n) is 56.4. The van der Waals surface area contributed by atoms with E-state index in [4.69, 9.17) is 34.4 Å². The topological polar surface area (TPSA) is 682 Å². The number of nitrogens with one attached hydrogen (secondary N) is 12. The lowest BCUT2D eigenvalue weighted by molar-refractivity contribution is -0.144. The molecule has 1 saturated heterocycles. The van der Waals surface area contributed by atoms with Gasteiger partial charge in [0, 0.05) is 31.1 Å². The maximum Gasteiger partial charge on any atom is 0.326 e. The van der Waals surface area contributed by atoms with Crippen LogP contribution in [0.5, 0.6) is 0 Å². The molecular formula is C57H99N21O20S2. The van der Waals surface area contributed by atoms with Gasteiger partial charge in [0.1, 0.15) is 66.5 Å². The van der Waals surface area contributed by atoms with Gasteiger partial charge in [0.15, 0.2) is 11.9 Å². The third-order valence-electron chi connectivity index (χ3n) is 14.7. The standard InChI is InChI=1S/C57H99N21O20S2/c1-25(2)16-30(45(87)66-20-40(83)69-36(24-100)54(96)78-15-9-12-37(78)51(93)77-43(27(5)6)52(94)70-29(55(97)98)11-8-14-65-57(62)63)72-48(90)33(21-79)68-39(82)19-67-46(88)31(17-38(59)81)73-49(91)34(22-80)74-53(95)42(26(3)4)76-50(92)35(23-99)75-47(89)32(18-41(84)85)71-44(86)28(58)10-7-13-64-56(60)61/h25-37,42-43,79-80,99-100H,7-24,58H2,1-6H3,(H2,59,81)(H,66,87)(H,67,88)(H,68,82)(H,69,83)(H,70,94)(H,71,86)(H,72,90)(H,73,91)(H,74,95)(H,75,89)(H,76,92)(H,77,93)(H,84,85)(H,97,98)(H4,60,61,64)(H4,62,63,65)/t28-,29-,30-,31-,32-,33-,34-,35-,36-,37-,42-,43-/m0/s1. The Morgan fingerprint density at radius 3 is 1.38 bits per heavy atom. The number of guanidine groups is 2. The molecule has 0 bridgehead atoms. The van der Waals surface area contributed by atoms with Crippen LogP contribution in [-0.4, -0.2) is 262 Å². The first kappa shape index (κ1) is 88.7. The average molecular weight is 1460 g/mol. The number of rotatable bonds is 46. The quantitative estimate of drug-likeness (QED) is 0.0116. The number of nitrogens with two attached hydrogens (primary N) is 6. The van der Waals surface area contributed by atoms with Crippen molar-refractivity contribution < 1.29 is 97.1 Å². The number of hydrogen-bond acceptors (Lipinski definition) is 23. The molecule has 1 aliphatic rings. The summed E-state index contributed by atoms with van der Waals surface area (Å²) in [7, 11) is 0. The molecule has 0 aliphatic carbocycles. The first-order valence-electron chi connectivity index (χ1n) is 31.7. The van der Waals surface area contributed by atoms with Crippen molar-refractivity contribution in [1.82, 2.24) is 68.7 Å². The Morgan fingerprint density at radius 2 is 0.910 bits per heavy atom. The van der Waals surface area contributed by atoms with E-state index >= 15 is 0 Å². The molecule has 0 aromatic heterocycles. The van der Waals surface area contributed by atoms with E-state index in [1.165, 1.54) is 18.7 Å². The van der Waals surface area contributed by atoms with E-state index in [1.807, 2.05) is 0 Å². The van der Waals surface area contributed by atoms with E-state index in [9.17, 15) is 97.1 Å². The van der Waals surface area contributed by atoms with Gasteiger partial charge in [0.25, 0.3) is 0 Å². The molecule has 12 atom stereocenters. The van der Waals surface area contributed by atoms with Crippen molar-refractivity contribution in [2.24, 2.45) is 62.1 Å². The Bertz CT molecular complexity index is 2940. The van der Waals surface area contributed by atoms with E-state index in [0.29, 0.717) is 6.42 Å². The van der Waals surface area contributed by atoms with Gasteiger partial charge < -0.3 is 124 Å². The molecule has 1 heterocycles. The third-order valence-corrected chi connectivity index (χ3v) is 15.4. The number of thiol groups is 2. The SMILES string of the molecule is CC(C)C[C@H](NC(=O)[C@H](CO)NC(=O)CNC(=O)[C@H](CC(N)=O)NC(=O)[C@H](CO)NC(=O)[C@@H](NC(=O)[C@H](CS)NC(=O)[C@H](CC(=O)O)NC(=O)[C@@H](N)CCCN=C(N)N)C(C)C)C(=O)NCC(=O)N[C@@H](CS)C(=O)N1CCC[C@H]1C(=O)N[C@H](C(=O)N[C@@H](CCCN=C(N)N)C(=O)O)C(C)C. The Labute approximate surface area is 586 Å². The van der Waals surface area contributed by atoms with Crippen LogP contribution < -0.4 is 98.2 Å². The molecule has 0 radical (unpaired) electrons. The van der Waals surface area contributed by atoms with Crippen LogP contribution >= 0.6 is 25.3 Å². The highest BCUT2D eigenvalue weighted by atomic mass is 32.1. The van der Waals surface area contributed by atoms with E-state index in [2.05, 4.69) is 99.0 Å². The van der Waals surface area contributed by atoms with Crippen molar-refractivity contribution >= 4 is 132 Å². The van der Waals surface area contributed by atoms with Gasteiger partial charge in [-0.2, -0.15) is 25.3 Å². The van der Waals surface area contributed by atoms with Gasteiger partial charge in [-0.3, -0.25) is 81.9 Å². The second kappa shape index (κ2) is 45.3. The number of aliphatic carboxylic acids is 2. The Kier molecular flexibility index (Phi) is 40.2. The summed E-state index contributed by atoms with van der Waals surface area (Å²) in [4.78, 5) is 219. The van der Waals surface area contributed by atoms with E-state index < -0.39 is 224 Å². The average Bonchev–Trinajstić information content (AvgIpc) is 1.64. The van der Waals surface area contributed by atoms with Gasteiger partial charge in [-0.25, -0.2) is 4.79 Å². The van der Waals surface area contributed by atoms with Crippen molar-refractivity contribution in [3.05, 3.63) is 0 Å². The minimum absolute atomic E-state index is 0.0316. The molecule has 43 heteroatoms. The van der Waals surface area contributed by atoms with Crippen LogP contribution in [0.1, 0.15) is 99.3 Å². The highest BCUT2D eigenvalue weighted by molar-refractivity contribution is 7.80. The summed E-state index contributed by atoms with van der Waals surface area (Å²) < 4.78 is 0. The number of aliphatic hydroxyl groups excluding tert-OH is 2. The largest absolute Gasteiger partial charge is 0.481 e. The smallest absolute Gasteiger partial charge is 0.326 e. The fourth-order valence-electron chi connectivity index (χ4n) is 9.44. The lowest BCUT2D eigenvalue weighted by Crippen LogP contribution is -2.61. The van der Waals surface area contributed by atoms with Gasteiger partial charge in [-0.15, -0.1) is 0 Å². The second-order valence-corrected chi connectivity index (χ2v) is 24.9. The first-order chi connectivity index (χ1) is 46.8. The van der Waals surface area contributed by atoms with E-state index in [0.717, 1.165) is 0 Å². The summed E-state index contributed by atoms with van der Waals surface area (Å²) >= 11 is 8.30. The van der Waals surface area contributed by atoms with Crippen LogP contribution in [0.3, 0.4) is 0 Å². The summed E-state index contributed by atoms with van der Waals surface area (Å²) in [5, 5.41) is 67.1. The minimum Gasteiger partial charge on any atom is -0.481 e. The number of carbonyl (C=O) groups excluding carboxylic acids is 14. The number of carboxylic acid groups (broad SMARTS) is 2. The van der Waals surface area contributed by atoms with Crippen LogP contribution in [0.2, 0.25) is 0 Å². The molecule has 0 aromatic rings. The fourth-order valence-corrected chi connectivity index (χ4v) is 9.95. The molecule has 1 rings (SSSR count). The van der Waals surface area contributed by atoms with E-state index in [-0.39, 0.29) is 81.7 Å². The molecule has 0 aromatic carbocycles. The van der Waals surface area contributed by atoms with Crippen molar-refractivity contribution in [1.29, 1.82) is 0 Å². The predicted octanol–water partition coefficient (Wildman–Crippen LogP) is -10.9. The molecule has 0 unspecified atom stereocenters. The van der Waals surface area contributed by atoms with Crippen molar-refractivity contribution in [3.63, 3.8) is 0 Å². The van der Waals surface area contributed by atoms with Gasteiger partial charge in [-0.1, -0.05) is 41.5 Å². The predicted molar refractivity (Wildman–Crippen MR) is 363 cm³/mol. The number of aliphatic imine (C=N–C) groups is 2. The van der Waals surface area contributed by atoms with Crippen LogP contribution in [0.15, 0.2) is 9.98 Å². The molecule has 14 amide bonds. The minimum atomic E-state index is -1.90. The number of primary amides is 1. The number of likely N-dealkylation sites (tertiary alicyclic amines) is 1. The molecule has 564 valence electrons. The molecule has 28 N–H and O–H groups in total. The van der Waals surface area contributed by atoms with Crippen molar-refractivity contribution in [3.8, 4) is 0 Å². The van der Waals surface area contributed by atoms with Crippen molar-refractivity contribution in [2.75, 3.05) is 57.4 Å². The molecule has 1 fully saturated rings. The summed E-state index contributed by atoms with van der Waals surface area (Å²) in [6.07, 6.45) is -0.974. The number of nitrogens with zero attached hydrogens (tertiary/aromatic N) is 3. The monoisotopic (exact) mass is 1460 g/mol. The highest BCUT2D eigenvalue weighted by Gasteiger charge is 2.41. The lowest BCUT2D eigenvalue weighted by atomic mass is 10.0. The summed E-state index contributed by atoms with van der Waals surface area (Å²) in [6.45, 7) is 5.81. The molecule has 41 nitrogen and oxygen atoms in total. The van der Waals surface area contributed by atoms with Gasteiger partial charge in [0.05, 0.1) is 45.2 Å². The van der Waals surface area contributed by atoms with Crippen molar-refractivity contribution in [2.45, 2.75) is 172 Å². The number of amides is 14. The van der Waals surface area contributed by atoms with Gasteiger partial charge in [0.2, 0.25) is 82.7 Å². The van der Waals surface area contributed by atoms with Crippen LogP contribution in [0.4, 0.5) is 0 Å². The maximum absolute atomic E-state index is 13.9. The molecule has 1 aliphatic heterocycles.